The standard InChI is InChI=1S/C14H21FN2O2/c1-10-6-11(2)8-12(7-10)13(18)9-17-14(19)16-5-3-4-15/h6-8,13,18H,3-5,9H2,1-2H3,(H2,16,17,19)/t13-/m0/s1. The van der Waals surface area contributed by atoms with Gasteiger partial charge in [-0.25, -0.2) is 4.79 Å². The van der Waals surface area contributed by atoms with E-state index in [1.54, 1.807) is 0 Å². The molecule has 2 amide bonds. The number of benzene rings is 1. The smallest absolute Gasteiger partial charge is 0.314 e. The molecule has 0 aromatic heterocycles. The van der Waals surface area contributed by atoms with E-state index in [-0.39, 0.29) is 6.54 Å². The van der Waals surface area contributed by atoms with E-state index in [1.165, 1.54) is 0 Å². The number of rotatable bonds is 6. The van der Waals surface area contributed by atoms with Crippen LogP contribution in [0.4, 0.5) is 9.18 Å². The van der Waals surface area contributed by atoms with Crippen LogP contribution in [0.3, 0.4) is 0 Å². The fourth-order valence-electron chi connectivity index (χ4n) is 1.84. The molecule has 5 heteroatoms. The summed E-state index contributed by atoms with van der Waals surface area (Å²) in [6, 6.07) is 5.41. The van der Waals surface area contributed by atoms with Crippen molar-refractivity contribution < 1.29 is 14.3 Å². The molecule has 0 bridgehead atoms. The monoisotopic (exact) mass is 268 g/mol. The number of aryl methyl sites for hydroxylation is 2. The quantitative estimate of drug-likeness (QED) is 0.691. The molecule has 1 aromatic carbocycles. The third-order valence-electron chi connectivity index (χ3n) is 2.68. The molecule has 106 valence electrons. The number of urea groups is 1. The van der Waals surface area contributed by atoms with Crippen LogP contribution in [0.5, 0.6) is 0 Å². The molecule has 0 aliphatic rings. The van der Waals surface area contributed by atoms with Crippen LogP contribution in [0.2, 0.25) is 0 Å². The Kier molecular flexibility index (Phi) is 6.29. The number of nitrogens with one attached hydrogen (secondary N) is 2. The number of carbonyl (C=O) groups is 1. The van der Waals surface area contributed by atoms with Gasteiger partial charge in [-0.2, -0.15) is 0 Å². The van der Waals surface area contributed by atoms with E-state index in [1.807, 2.05) is 32.0 Å². The Morgan fingerprint density at radius 1 is 1.26 bits per heavy atom. The maximum absolute atomic E-state index is 11.8. The fourth-order valence-corrected chi connectivity index (χ4v) is 1.84. The van der Waals surface area contributed by atoms with Gasteiger partial charge in [-0.1, -0.05) is 29.3 Å². The Morgan fingerprint density at radius 3 is 2.47 bits per heavy atom. The Hall–Kier alpha value is -1.62. The van der Waals surface area contributed by atoms with Gasteiger partial charge < -0.3 is 15.7 Å². The van der Waals surface area contributed by atoms with Gasteiger partial charge in [-0.15, -0.1) is 0 Å². The third-order valence-corrected chi connectivity index (χ3v) is 2.68. The number of amides is 2. The van der Waals surface area contributed by atoms with Crippen molar-refractivity contribution >= 4 is 6.03 Å². The predicted octanol–water partition coefficient (Wildman–Crippen LogP) is 2.00. The van der Waals surface area contributed by atoms with Gasteiger partial charge in [0.25, 0.3) is 0 Å². The van der Waals surface area contributed by atoms with E-state index < -0.39 is 18.8 Å². The van der Waals surface area contributed by atoms with Gasteiger partial charge in [-0.3, -0.25) is 4.39 Å². The lowest BCUT2D eigenvalue weighted by Crippen LogP contribution is -2.38. The number of hydrogen-bond donors (Lipinski definition) is 3. The molecule has 19 heavy (non-hydrogen) atoms. The van der Waals surface area contributed by atoms with Crippen molar-refractivity contribution in [3.05, 3.63) is 34.9 Å². The summed E-state index contributed by atoms with van der Waals surface area (Å²) >= 11 is 0. The zero-order chi connectivity index (χ0) is 14.3. The highest BCUT2D eigenvalue weighted by Crippen LogP contribution is 2.16. The summed E-state index contributed by atoms with van der Waals surface area (Å²) in [7, 11) is 0. The number of halogens is 1. The van der Waals surface area contributed by atoms with Crippen LogP contribution in [-0.4, -0.2) is 30.9 Å². The minimum atomic E-state index is -0.745. The van der Waals surface area contributed by atoms with Gasteiger partial charge in [0.2, 0.25) is 0 Å². The summed E-state index contributed by atoms with van der Waals surface area (Å²) in [5.74, 6) is 0. The lowest BCUT2D eigenvalue weighted by Gasteiger charge is -2.14. The molecule has 0 fully saturated rings. The number of hydrogen-bond acceptors (Lipinski definition) is 2. The van der Waals surface area contributed by atoms with E-state index in [0.717, 1.165) is 16.7 Å². The lowest BCUT2D eigenvalue weighted by atomic mass is 10.0. The van der Waals surface area contributed by atoms with E-state index in [4.69, 9.17) is 0 Å². The Morgan fingerprint density at radius 2 is 1.89 bits per heavy atom. The van der Waals surface area contributed by atoms with Gasteiger partial charge in [0.05, 0.1) is 12.8 Å². The first-order chi connectivity index (χ1) is 9.02. The van der Waals surface area contributed by atoms with Crippen LogP contribution in [0.25, 0.3) is 0 Å². The van der Waals surface area contributed by atoms with Crippen molar-refractivity contribution in [1.29, 1.82) is 0 Å². The number of alkyl halides is 1. The third kappa shape index (κ3) is 5.70. The van der Waals surface area contributed by atoms with Gasteiger partial charge in [0.15, 0.2) is 0 Å². The van der Waals surface area contributed by atoms with Gasteiger partial charge >= 0.3 is 6.03 Å². The first-order valence-electron chi connectivity index (χ1n) is 6.37. The average molecular weight is 268 g/mol. The van der Waals surface area contributed by atoms with Crippen molar-refractivity contribution in [1.82, 2.24) is 10.6 Å². The Balaban J connectivity index is 2.42. The molecule has 0 radical (unpaired) electrons. The summed E-state index contributed by atoms with van der Waals surface area (Å²) < 4.78 is 11.8. The van der Waals surface area contributed by atoms with Crippen LogP contribution < -0.4 is 10.6 Å². The highest BCUT2D eigenvalue weighted by Gasteiger charge is 2.10. The summed E-state index contributed by atoms with van der Waals surface area (Å²) in [6.45, 7) is 3.89. The predicted molar refractivity (Wildman–Crippen MR) is 72.9 cm³/mol. The number of carbonyl (C=O) groups excluding carboxylic acids is 1. The molecule has 0 heterocycles. The molecule has 3 N–H and O–H groups in total. The largest absolute Gasteiger partial charge is 0.387 e. The van der Waals surface area contributed by atoms with Crippen molar-refractivity contribution in [2.24, 2.45) is 0 Å². The van der Waals surface area contributed by atoms with Crippen LogP contribution in [-0.2, 0) is 0 Å². The fraction of sp³-hybridized carbons (Fsp3) is 0.500. The van der Waals surface area contributed by atoms with Crippen LogP contribution in [0, 0.1) is 13.8 Å². The van der Waals surface area contributed by atoms with E-state index in [9.17, 15) is 14.3 Å². The molecule has 0 aliphatic carbocycles. The number of aliphatic hydroxyl groups excluding tert-OH is 1. The molecule has 0 unspecified atom stereocenters. The maximum atomic E-state index is 11.8. The minimum Gasteiger partial charge on any atom is -0.387 e. The second-order valence-electron chi connectivity index (χ2n) is 4.62. The topological polar surface area (TPSA) is 61.4 Å². The minimum absolute atomic E-state index is 0.129. The van der Waals surface area contributed by atoms with Gasteiger partial charge in [0, 0.05) is 13.1 Å². The van der Waals surface area contributed by atoms with Gasteiger partial charge in [0.1, 0.15) is 0 Å². The first-order valence-corrected chi connectivity index (χ1v) is 6.37. The van der Waals surface area contributed by atoms with Crippen molar-refractivity contribution in [2.45, 2.75) is 26.4 Å². The average Bonchev–Trinajstić information content (AvgIpc) is 2.35. The molecule has 4 nitrogen and oxygen atoms in total. The lowest BCUT2D eigenvalue weighted by molar-refractivity contribution is 0.173. The van der Waals surface area contributed by atoms with Gasteiger partial charge in [-0.05, 0) is 25.8 Å². The maximum Gasteiger partial charge on any atom is 0.314 e. The summed E-state index contributed by atoms with van der Waals surface area (Å²) in [5, 5.41) is 15.1. The zero-order valence-corrected chi connectivity index (χ0v) is 11.4. The zero-order valence-electron chi connectivity index (χ0n) is 11.4. The summed E-state index contributed by atoms with van der Waals surface area (Å²) in [6.07, 6.45) is -0.446. The first kappa shape index (κ1) is 15.4. The van der Waals surface area contributed by atoms with Crippen molar-refractivity contribution in [3.63, 3.8) is 0 Å². The van der Waals surface area contributed by atoms with Crippen LogP contribution >= 0.6 is 0 Å². The normalized spacial score (nSPS) is 12.0. The number of aliphatic hydroxyl groups is 1. The SMILES string of the molecule is Cc1cc(C)cc([C@@H](O)CNC(=O)NCCCF)c1. The molecular formula is C14H21FN2O2. The van der Waals surface area contributed by atoms with Crippen LogP contribution in [0.1, 0.15) is 29.2 Å². The van der Waals surface area contributed by atoms with Crippen molar-refractivity contribution in [3.8, 4) is 0 Å². The Labute approximate surface area is 113 Å². The molecule has 1 rings (SSSR count). The van der Waals surface area contributed by atoms with Crippen LogP contribution in [0.15, 0.2) is 18.2 Å². The molecule has 0 aliphatic heterocycles. The highest BCUT2D eigenvalue weighted by molar-refractivity contribution is 5.73. The summed E-state index contributed by atoms with van der Waals surface area (Å²) in [4.78, 5) is 11.3. The Bertz CT molecular complexity index is 404. The molecule has 0 spiro atoms. The summed E-state index contributed by atoms with van der Waals surface area (Å²) in [5.41, 5.74) is 2.92. The highest BCUT2D eigenvalue weighted by atomic mass is 19.1. The second kappa shape index (κ2) is 7.74. The molecule has 0 saturated heterocycles. The van der Waals surface area contributed by atoms with E-state index in [2.05, 4.69) is 10.6 Å². The molecular weight excluding hydrogens is 247 g/mol. The second-order valence-corrected chi connectivity index (χ2v) is 4.62. The van der Waals surface area contributed by atoms with Crippen molar-refractivity contribution in [2.75, 3.05) is 19.8 Å². The van der Waals surface area contributed by atoms with E-state index >= 15 is 0 Å². The molecule has 1 aromatic rings. The van der Waals surface area contributed by atoms with E-state index in [0.29, 0.717) is 13.0 Å². The molecule has 0 saturated carbocycles. The molecule has 1 atom stereocenters.